The van der Waals surface area contributed by atoms with E-state index in [1.807, 2.05) is 18.2 Å². The van der Waals surface area contributed by atoms with Crippen LogP contribution >= 0.6 is 11.3 Å². The van der Waals surface area contributed by atoms with E-state index in [1.54, 1.807) is 14.2 Å². The van der Waals surface area contributed by atoms with Crippen LogP contribution < -0.4 is 10.1 Å². The summed E-state index contributed by atoms with van der Waals surface area (Å²) in [6, 6.07) is 8.25. The Kier molecular flexibility index (Phi) is 5.39. The number of nitrogens with one attached hydrogen (secondary N) is 1. The molecule has 0 spiro atoms. The SMILES string of the molecule is COCc1nnc(NC(=O)CN2CC[C@@H]2c2cccc(OC)c2)s1. The van der Waals surface area contributed by atoms with Crippen molar-refractivity contribution in [1.29, 1.82) is 0 Å². The van der Waals surface area contributed by atoms with Crippen LogP contribution in [0.5, 0.6) is 5.75 Å². The number of amides is 1. The van der Waals surface area contributed by atoms with Crippen LogP contribution in [-0.4, -0.2) is 48.3 Å². The molecule has 2 aromatic rings. The number of benzene rings is 1. The standard InChI is InChI=1S/C16H20N4O3S/c1-22-10-15-18-19-16(24-15)17-14(21)9-20-7-6-13(20)11-4-3-5-12(8-11)23-2/h3-5,8,13H,6-7,9-10H2,1-2H3,(H,17,19,21)/t13-/m1/s1. The monoisotopic (exact) mass is 348 g/mol. The quantitative estimate of drug-likeness (QED) is 0.825. The molecule has 1 fully saturated rings. The molecule has 3 rings (SSSR count). The van der Waals surface area contributed by atoms with Gasteiger partial charge in [-0.3, -0.25) is 15.0 Å². The Bertz CT molecular complexity index is 706. The van der Waals surface area contributed by atoms with Gasteiger partial charge in [0, 0.05) is 19.7 Å². The Hall–Kier alpha value is -2.03. The number of likely N-dealkylation sites (tertiary alicyclic amines) is 1. The minimum Gasteiger partial charge on any atom is -0.497 e. The Morgan fingerprint density at radius 1 is 1.42 bits per heavy atom. The van der Waals surface area contributed by atoms with Gasteiger partial charge in [-0.15, -0.1) is 10.2 Å². The number of hydrogen-bond donors (Lipinski definition) is 1. The van der Waals surface area contributed by atoms with Crippen molar-refractivity contribution < 1.29 is 14.3 Å². The van der Waals surface area contributed by atoms with E-state index in [0.717, 1.165) is 23.7 Å². The van der Waals surface area contributed by atoms with Crippen LogP contribution in [0, 0.1) is 0 Å². The molecule has 1 aromatic carbocycles. The van der Waals surface area contributed by atoms with E-state index >= 15 is 0 Å². The van der Waals surface area contributed by atoms with E-state index in [1.165, 1.54) is 16.9 Å². The molecule has 1 aromatic heterocycles. The van der Waals surface area contributed by atoms with Gasteiger partial charge in [-0.25, -0.2) is 0 Å². The lowest BCUT2D eigenvalue weighted by molar-refractivity contribution is -0.119. The Morgan fingerprint density at radius 2 is 2.29 bits per heavy atom. The van der Waals surface area contributed by atoms with Crippen molar-refractivity contribution in [1.82, 2.24) is 15.1 Å². The summed E-state index contributed by atoms with van der Waals surface area (Å²) in [6.45, 7) is 1.64. The van der Waals surface area contributed by atoms with E-state index in [4.69, 9.17) is 9.47 Å². The van der Waals surface area contributed by atoms with Crippen LogP contribution in [0.15, 0.2) is 24.3 Å². The highest BCUT2D eigenvalue weighted by atomic mass is 32.1. The average Bonchev–Trinajstić information content (AvgIpc) is 2.99. The highest BCUT2D eigenvalue weighted by Crippen LogP contribution is 2.34. The van der Waals surface area contributed by atoms with Crippen molar-refractivity contribution in [3.8, 4) is 5.75 Å². The van der Waals surface area contributed by atoms with Gasteiger partial charge in [0.2, 0.25) is 11.0 Å². The molecule has 0 saturated carbocycles. The van der Waals surface area contributed by atoms with Crippen molar-refractivity contribution in [2.75, 3.05) is 32.6 Å². The second-order valence-electron chi connectivity index (χ2n) is 5.53. The maximum atomic E-state index is 12.2. The van der Waals surface area contributed by atoms with Crippen LogP contribution in [0.1, 0.15) is 23.0 Å². The Morgan fingerprint density at radius 3 is 3.00 bits per heavy atom. The average molecular weight is 348 g/mol. The van der Waals surface area contributed by atoms with Gasteiger partial charge in [0.25, 0.3) is 0 Å². The maximum Gasteiger partial charge on any atom is 0.240 e. The van der Waals surface area contributed by atoms with Gasteiger partial charge in [0.05, 0.1) is 13.7 Å². The van der Waals surface area contributed by atoms with Crippen molar-refractivity contribution in [3.63, 3.8) is 0 Å². The highest BCUT2D eigenvalue weighted by molar-refractivity contribution is 7.15. The number of nitrogens with zero attached hydrogens (tertiary/aromatic N) is 3. The molecule has 0 bridgehead atoms. The zero-order chi connectivity index (χ0) is 16.9. The first-order valence-corrected chi connectivity index (χ1v) is 8.50. The largest absolute Gasteiger partial charge is 0.497 e. The molecule has 1 aliphatic heterocycles. The van der Waals surface area contributed by atoms with Crippen molar-refractivity contribution >= 4 is 22.4 Å². The lowest BCUT2D eigenvalue weighted by atomic mass is 9.94. The number of carbonyl (C=O) groups excluding carboxylic acids is 1. The summed E-state index contributed by atoms with van der Waals surface area (Å²) in [5.41, 5.74) is 1.17. The summed E-state index contributed by atoms with van der Waals surface area (Å²) in [7, 11) is 3.26. The van der Waals surface area contributed by atoms with Crippen molar-refractivity contribution in [2.45, 2.75) is 19.1 Å². The van der Waals surface area contributed by atoms with Gasteiger partial charge in [0.1, 0.15) is 17.4 Å². The third kappa shape index (κ3) is 3.89. The Balaban J connectivity index is 1.56. The van der Waals surface area contributed by atoms with Gasteiger partial charge in [-0.1, -0.05) is 23.5 Å². The van der Waals surface area contributed by atoms with Crippen LogP contribution in [0.25, 0.3) is 0 Å². The third-order valence-corrected chi connectivity index (χ3v) is 4.75. The molecule has 8 heteroatoms. The van der Waals surface area contributed by atoms with E-state index < -0.39 is 0 Å². The summed E-state index contributed by atoms with van der Waals surface area (Å²) in [5.74, 6) is 0.756. The Labute approximate surface area is 144 Å². The predicted molar refractivity (Wildman–Crippen MR) is 91.2 cm³/mol. The number of anilines is 1. The summed E-state index contributed by atoms with van der Waals surface area (Å²) in [5, 5.41) is 11.9. The lowest BCUT2D eigenvalue weighted by Crippen LogP contribution is -2.45. The molecule has 1 N–H and O–H groups in total. The van der Waals surface area contributed by atoms with Crippen LogP contribution in [0.3, 0.4) is 0 Å². The summed E-state index contributed by atoms with van der Waals surface area (Å²) in [4.78, 5) is 14.4. The normalized spacial score (nSPS) is 17.3. The molecule has 1 saturated heterocycles. The molecule has 128 valence electrons. The second kappa shape index (κ2) is 7.69. The van der Waals surface area contributed by atoms with E-state index in [-0.39, 0.29) is 11.9 Å². The van der Waals surface area contributed by atoms with Gasteiger partial charge >= 0.3 is 0 Å². The molecule has 1 aliphatic rings. The van der Waals surface area contributed by atoms with E-state index in [2.05, 4.69) is 26.5 Å². The molecular weight excluding hydrogens is 328 g/mol. The third-order valence-electron chi connectivity index (χ3n) is 3.94. The fourth-order valence-corrected chi connectivity index (χ4v) is 3.41. The smallest absolute Gasteiger partial charge is 0.240 e. The molecule has 1 amide bonds. The zero-order valence-corrected chi connectivity index (χ0v) is 14.5. The van der Waals surface area contributed by atoms with Gasteiger partial charge in [-0.2, -0.15) is 0 Å². The minimum atomic E-state index is -0.0808. The highest BCUT2D eigenvalue weighted by Gasteiger charge is 2.31. The van der Waals surface area contributed by atoms with Crippen molar-refractivity contribution in [3.05, 3.63) is 34.8 Å². The molecule has 7 nitrogen and oxygen atoms in total. The van der Waals surface area contributed by atoms with E-state index in [9.17, 15) is 4.79 Å². The maximum absolute atomic E-state index is 12.2. The van der Waals surface area contributed by atoms with E-state index in [0.29, 0.717) is 18.3 Å². The second-order valence-corrected chi connectivity index (χ2v) is 6.60. The van der Waals surface area contributed by atoms with Gasteiger partial charge in [-0.05, 0) is 24.1 Å². The summed E-state index contributed by atoms with van der Waals surface area (Å²) < 4.78 is 10.3. The molecule has 24 heavy (non-hydrogen) atoms. The molecule has 0 radical (unpaired) electrons. The van der Waals surface area contributed by atoms with Crippen LogP contribution in [0.4, 0.5) is 5.13 Å². The number of ether oxygens (including phenoxy) is 2. The predicted octanol–water partition coefficient (Wildman–Crippen LogP) is 2.08. The fourth-order valence-electron chi connectivity index (χ4n) is 2.69. The van der Waals surface area contributed by atoms with Crippen LogP contribution in [0.2, 0.25) is 0 Å². The first-order valence-electron chi connectivity index (χ1n) is 7.68. The van der Waals surface area contributed by atoms with Crippen LogP contribution in [-0.2, 0) is 16.1 Å². The molecule has 0 aliphatic carbocycles. The molecular formula is C16H20N4O3S. The number of hydrogen-bond acceptors (Lipinski definition) is 7. The summed E-state index contributed by atoms with van der Waals surface area (Å²) >= 11 is 1.33. The number of carbonyl (C=O) groups is 1. The van der Waals surface area contributed by atoms with Gasteiger partial charge in [0.15, 0.2) is 0 Å². The number of aromatic nitrogens is 2. The minimum absolute atomic E-state index is 0.0808. The summed E-state index contributed by atoms with van der Waals surface area (Å²) in [6.07, 6.45) is 1.04. The first kappa shape index (κ1) is 16.8. The van der Waals surface area contributed by atoms with Gasteiger partial charge < -0.3 is 9.47 Å². The number of methoxy groups -OCH3 is 2. The first-order chi connectivity index (χ1) is 11.7. The number of rotatable bonds is 7. The molecule has 0 unspecified atom stereocenters. The zero-order valence-electron chi connectivity index (χ0n) is 13.7. The lowest BCUT2D eigenvalue weighted by Gasteiger charge is -2.40. The fraction of sp³-hybridized carbons (Fsp3) is 0.438. The topological polar surface area (TPSA) is 76.6 Å². The molecule has 1 atom stereocenters. The molecule has 2 heterocycles. The van der Waals surface area contributed by atoms with Crippen molar-refractivity contribution in [2.24, 2.45) is 0 Å².